The van der Waals surface area contributed by atoms with Crippen molar-refractivity contribution in [2.24, 2.45) is 0 Å². The maximum absolute atomic E-state index is 13.6. The summed E-state index contributed by atoms with van der Waals surface area (Å²) in [6.07, 6.45) is 1.36. The second-order valence-corrected chi connectivity index (χ2v) is 11.9. The standard InChI is InChI=1S/C22H16Cl3F3N4O3S/c1-36(33,34)18-16(19-29-30-20(35-19)21(8-9-21)22(26,27)28)31-32(15-7-6-13(24)10-14(15)25)17(18)11-2-4-12(23)5-3-11/h2,4-7,10-11H,3,8-9H2,1H3. The van der Waals surface area contributed by atoms with Gasteiger partial charge in [-0.1, -0.05) is 47.0 Å². The van der Waals surface area contributed by atoms with Crippen LogP contribution in [0.25, 0.3) is 17.3 Å². The summed E-state index contributed by atoms with van der Waals surface area (Å²) in [6.45, 7) is 0. The summed E-state index contributed by atoms with van der Waals surface area (Å²) in [5, 5.41) is 12.8. The molecule has 0 bridgehead atoms. The van der Waals surface area contributed by atoms with Gasteiger partial charge in [-0.2, -0.15) is 18.3 Å². The zero-order chi connectivity index (χ0) is 26.0. The summed E-state index contributed by atoms with van der Waals surface area (Å²) in [6, 6.07) is 4.56. The van der Waals surface area contributed by atoms with Crippen molar-refractivity contribution in [3.8, 4) is 17.3 Å². The second-order valence-electron chi connectivity index (χ2n) is 8.63. The van der Waals surface area contributed by atoms with E-state index < -0.39 is 39.1 Å². The molecule has 0 aliphatic heterocycles. The first kappa shape index (κ1) is 25.3. The Morgan fingerprint density at radius 2 is 1.89 bits per heavy atom. The third-order valence-electron chi connectivity index (χ3n) is 6.12. The molecule has 2 aromatic heterocycles. The van der Waals surface area contributed by atoms with Crippen LogP contribution in [-0.4, -0.2) is 40.8 Å². The molecule has 190 valence electrons. The van der Waals surface area contributed by atoms with Gasteiger partial charge in [0, 0.05) is 22.2 Å². The van der Waals surface area contributed by atoms with Crippen molar-refractivity contribution in [2.75, 3.05) is 6.26 Å². The number of allylic oxidation sites excluding steroid dienone is 4. The predicted molar refractivity (Wildman–Crippen MR) is 127 cm³/mol. The molecule has 0 radical (unpaired) electrons. The lowest BCUT2D eigenvalue weighted by Crippen LogP contribution is -2.28. The first-order valence-electron chi connectivity index (χ1n) is 10.6. The van der Waals surface area contributed by atoms with E-state index in [-0.39, 0.29) is 34.1 Å². The number of aromatic nitrogens is 4. The molecule has 7 nitrogen and oxygen atoms in total. The lowest BCUT2D eigenvalue weighted by atomic mass is 9.96. The van der Waals surface area contributed by atoms with Crippen LogP contribution in [0.5, 0.6) is 0 Å². The summed E-state index contributed by atoms with van der Waals surface area (Å²) >= 11 is 18.5. The molecular weight excluding hydrogens is 564 g/mol. The first-order chi connectivity index (χ1) is 16.8. The summed E-state index contributed by atoms with van der Waals surface area (Å²) in [5.74, 6) is -1.59. The highest BCUT2D eigenvalue weighted by atomic mass is 35.5. The van der Waals surface area contributed by atoms with Gasteiger partial charge in [0.05, 0.1) is 16.4 Å². The minimum Gasteiger partial charge on any atom is -0.418 e. The molecule has 0 amide bonds. The van der Waals surface area contributed by atoms with Crippen LogP contribution in [0.3, 0.4) is 0 Å². The van der Waals surface area contributed by atoms with Gasteiger partial charge in [0.15, 0.2) is 15.5 Å². The molecular formula is C22H16Cl3F3N4O3S. The van der Waals surface area contributed by atoms with Gasteiger partial charge in [-0.15, -0.1) is 10.2 Å². The van der Waals surface area contributed by atoms with Crippen molar-refractivity contribution in [3.05, 3.63) is 63.1 Å². The minimum atomic E-state index is -4.59. The molecule has 0 spiro atoms. The molecule has 1 fully saturated rings. The van der Waals surface area contributed by atoms with Crippen LogP contribution in [0, 0.1) is 0 Å². The van der Waals surface area contributed by atoms with Gasteiger partial charge in [0.25, 0.3) is 5.89 Å². The molecule has 0 saturated heterocycles. The highest BCUT2D eigenvalue weighted by molar-refractivity contribution is 7.90. The van der Waals surface area contributed by atoms with Gasteiger partial charge in [-0.05, 0) is 43.5 Å². The van der Waals surface area contributed by atoms with E-state index in [2.05, 4.69) is 15.3 Å². The minimum absolute atomic E-state index is 0.173. The van der Waals surface area contributed by atoms with Gasteiger partial charge in [-0.3, -0.25) is 0 Å². The van der Waals surface area contributed by atoms with Crippen LogP contribution in [0.2, 0.25) is 10.0 Å². The maximum Gasteiger partial charge on any atom is 0.403 e. The summed E-state index contributed by atoms with van der Waals surface area (Å²) in [5.41, 5.74) is -1.99. The highest BCUT2D eigenvalue weighted by Crippen LogP contribution is 2.58. The summed E-state index contributed by atoms with van der Waals surface area (Å²) in [4.78, 5) is -0.262. The lowest BCUT2D eigenvalue weighted by Gasteiger charge is -2.18. The number of sulfone groups is 1. The quantitative estimate of drug-likeness (QED) is 0.348. The van der Waals surface area contributed by atoms with Gasteiger partial charge < -0.3 is 4.42 Å². The van der Waals surface area contributed by atoms with E-state index in [9.17, 15) is 21.6 Å². The number of benzene rings is 1. The molecule has 1 aromatic carbocycles. The zero-order valence-electron chi connectivity index (χ0n) is 18.4. The van der Waals surface area contributed by atoms with E-state index in [0.717, 1.165) is 6.26 Å². The van der Waals surface area contributed by atoms with Crippen LogP contribution in [0.15, 0.2) is 50.8 Å². The average molecular weight is 580 g/mol. The Hall–Kier alpha value is -2.34. The Morgan fingerprint density at radius 1 is 1.17 bits per heavy atom. The normalized spacial score (nSPS) is 19.4. The van der Waals surface area contributed by atoms with Crippen LogP contribution < -0.4 is 0 Å². The molecule has 36 heavy (non-hydrogen) atoms. The number of alkyl halides is 3. The number of hydrogen-bond acceptors (Lipinski definition) is 6. The summed E-state index contributed by atoms with van der Waals surface area (Å²) in [7, 11) is -4.01. The fraction of sp³-hybridized carbons (Fsp3) is 0.318. The van der Waals surface area contributed by atoms with Gasteiger partial charge in [0.2, 0.25) is 5.89 Å². The monoisotopic (exact) mass is 578 g/mol. The van der Waals surface area contributed by atoms with E-state index in [1.807, 2.05) is 0 Å². The molecule has 5 rings (SSSR count). The molecule has 1 atom stereocenters. The smallest absolute Gasteiger partial charge is 0.403 e. The maximum atomic E-state index is 13.6. The molecule has 1 saturated carbocycles. The zero-order valence-corrected chi connectivity index (χ0v) is 21.4. The van der Waals surface area contributed by atoms with E-state index in [4.69, 9.17) is 39.2 Å². The fourth-order valence-corrected chi connectivity index (χ4v) is 5.88. The third-order valence-corrected chi connectivity index (χ3v) is 8.08. The lowest BCUT2D eigenvalue weighted by molar-refractivity contribution is -0.165. The Morgan fingerprint density at radius 3 is 2.44 bits per heavy atom. The number of halogens is 6. The number of rotatable bonds is 5. The molecule has 1 unspecified atom stereocenters. The van der Waals surface area contributed by atoms with E-state index in [1.54, 1.807) is 30.4 Å². The van der Waals surface area contributed by atoms with Crippen LogP contribution in [-0.2, 0) is 15.3 Å². The molecule has 2 heterocycles. The van der Waals surface area contributed by atoms with Gasteiger partial charge >= 0.3 is 6.18 Å². The van der Waals surface area contributed by atoms with E-state index in [1.165, 1.54) is 10.7 Å². The molecule has 2 aliphatic carbocycles. The molecule has 3 aromatic rings. The Bertz CT molecular complexity index is 1540. The van der Waals surface area contributed by atoms with E-state index in [0.29, 0.717) is 22.2 Å². The van der Waals surface area contributed by atoms with Gasteiger partial charge in [-0.25, -0.2) is 13.1 Å². The molecule has 2 aliphatic rings. The van der Waals surface area contributed by atoms with Crippen LogP contribution in [0.1, 0.15) is 36.8 Å². The second kappa shape index (κ2) is 8.61. The van der Waals surface area contributed by atoms with Crippen molar-refractivity contribution in [1.82, 2.24) is 20.0 Å². The largest absolute Gasteiger partial charge is 0.418 e. The number of nitrogens with zero attached hydrogens (tertiary/aromatic N) is 4. The molecule has 14 heteroatoms. The van der Waals surface area contributed by atoms with Crippen molar-refractivity contribution < 1.29 is 26.0 Å². The van der Waals surface area contributed by atoms with Crippen molar-refractivity contribution >= 4 is 44.6 Å². The highest BCUT2D eigenvalue weighted by Gasteiger charge is 2.68. The average Bonchev–Trinajstić information content (AvgIpc) is 3.29. The van der Waals surface area contributed by atoms with Crippen molar-refractivity contribution in [2.45, 2.75) is 41.7 Å². The Balaban J connectivity index is 1.76. The SMILES string of the molecule is CS(=O)(=O)c1c(-c2nnc(C3(C(F)(F)F)CC3)o2)nn(-c2ccc(Cl)cc2Cl)c1C1C=CC(Cl)=CC1. The van der Waals surface area contributed by atoms with Gasteiger partial charge in [0.1, 0.15) is 10.3 Å². The first-order valence-corrected chi connectivity index (χ1v) is 13.6. The van der Waals surface area contributed by atoms with Crippen molar-refractivity contribution in [1.29, 1.82) is 0 Å². The van der Waals surface area contributed by atoms with E-state index >= 15 is 0 Å². The third kappa shape index (κ3) is 4.25. The number of hydrogen-bond donors (Lipinski definition) is 0. The Kier molecular flexibility index (Phi) is 6.06. The Labute approximate surface area is 218 Å². The predicted octanol–water partition coefficient (Wildman–Crippen LogP) is 6.39. The topological polar surface area (TPSA) is 90.9 Å². The van der Waals surface area contributed by atoms with Crippen molar-refractivity contribution in [3.63, 3.8) is 0 Å². The molecule has 0 N–H and O–H groups in total. The van der Waals surface area contributed by atoms with Crippen LogP contribution in [0.4, 0.5) is 13.2 Å². The fourth-order valence-electron chi connectivity index (χ4n) is 4.14. The van der Waals surface area contributed by atoms with Crippen LogP contribution >= 0.6 is 34.8 Å². The summed E-state index contributed by atoms with van der Waals surface area (Å²) < 4.78 is 73.7.